The molecule has 10 heteroatoms. The lowest BCUT2D eigenvalue weighted by Gasteiger charge is -2.30. The highest BCUT2D eigenvalue weighted by molar-refractivity contribution is 7.45. The van der Waals surface area contributed by atoms with Gasteiger partial charge >= 0.3 is 5.97 Å². The lowest BCUT2D eigenvalue weighted by molar-refractivity contribution is -0.870. The number of carbonyl (C=O) groups is 2. The molecule has 0 rings (SSSR count). The SMILES string of the molecule is CC/C=C\C/C=C\C/C=C\C/C=C\C/C=C\CCCCCCCCCCCCCC(=O)NC(COP(=O)([O-])OCC[N+](C)(C)C)C(/C=C\CCCCCCCCCCCCC)OC(=O)CCCCCC/C=C\C/C=C\C/C=C\CCCCC. The van der Waals surface area contributed by atoms with Gasteiger partial charge < -0.3 is 28.5 Å². The van der Waals surface area contributed by atoms with E-state index < -0.39 is 26.6 Å². The summed E-state index contributed by atoms with van der Waals surface area (Å²) in [4.78, 5) is 40.1. The van der Waals surface area contributed by atoms with Crippen molar-refractivity contribution >= 4 is 19.7 Å². The molecule has 0 fully saturated rings. The van der Waals surface area contributed by atoms with Crippen LogP contribution in [-0.2, 0) is 27.9 Å². The second-order valence-corrected chi connectivity index (χ2v) is 25.4. The maximum absolute atomic E-state index is 13.6. The van der Waals surface area contributed by atoms with Crippen molar-refractivity contribution in [3.8, 4) is 0 Å². The molecule has 0 radical (unpaired) electrons. The van der Waals surface area contributed by atoms with Crippen molar-refractivity contribution < 1.29 is 37.3 Å². The van der Waals surface area contributed by atoms with Crippen molar-refractivity contribution in [1.82, 2.24) is 5.32 Å². The Kier molecular flexibility index (Phi) is 59.3. The fourth-order valence-corrected chi connectivity index (χ4v) is 10.2. The molecule has 1 amide bonds. The molecular weight excluding hydrogens is 1050 g/mol. The molecule has 0 aliphatic carbocycles. The standard InChI is InChI=1S/C73H129N2O7P/c1-7-10-13-16-19-22-25-28-30-32-33-34-35-36-37-38-39-40-41-43-44-47-50-53-56-59-62-65-72(76)74-70(69-81-83(78,79)80-68-67-75(4,5)6)71(64-61-58-55-52-49-46-27-24-21-18-15-12-9-3)82-73(77)66-63-60-57-54-51-48-45-42-31-29-26-23-20-17-14-11-8-2/h10,13,19-20,22-23,28-31,33-34,36-37,45,48,61,64,70-71H,7-9,11-12,14-18,21,24-27,32,35,38-44,46-47,49-60,62-63,65-69H2,1-6H3,(H-,74,76,78,79)/b13-10-,22-19-,23-20-,30-28-,31-29-,34-33-,37-36-,48-45-,64-61-. The molecule has 3 unspecified atom stereocenters. The Labute approximate surface area is 512 Å². The summed E-state index contributed by atoms with van der Waals surface area (Å²) in [6.07, 6.45) is 84.9. The quantitative estimate of drug-likeness (QED) is 0.0212. The Balaban J connectivity index is 5.15. The number of unbranched alkanes of at least 4 members (excludes halogenated alkanes) is 29. The first kappa shape index (κ1) is 79.7. The fraction of sp³-hybridized carbons (Fsp3) is 0.726. The van der Waals surface area contributed by atoms with Gasteiger partial charge in [-0.2, -0.15) is 0 Å². The summed E-state index contributed by atoms with van der Waals surface area (Å²) >= 11 is 0. The van der Waals surface area contributed by atoms with Gasteiger partial charge in [0, 0.05) is 12.8 Å². The normalized spacial score (nSPS) is 14.3. The molecular formula is C73H129N2O7P. The summed E-state index contributed by atoms with van der Waals surface area (Å²) in [5.41, 5.74) is 0. The van der Waals surface area contributed by atoms with Gasteiger partial charge in [0.25, 0.3) is 7.82 Å². The van der Waals surface area contributed by atoms with E-state index in [2.05, 4.69) is 123 Å². The molecule has 0 aliphatic heterocycles. The molecule has 3 atom stereocenters. The van der Waals surface area contributed by atoms with E-state index in [0.717, 1.165) is 122 Å². The minimum atomic E-state index is -4.72. The molecule has 0 bridgehead atoms. The number of phosphoric acid groups is 1. The van der Waals surface area contributed by atoms with E-state index in [0.29, 0.717) is 23.9 Å². The van der Waals surface area contributed by atoms with Crippen LogP contribution in [0.5, 0.6) is 0 Å². The zero-order valence-electron chi connectivity index (χ0n) is 54.6. The number of hydrogen-bond donors (Lipinski definition) is 1. The molecule has 0 aromatic heterocycles. The van der Waals surface area contributed by atoms with E-state index >= 15 is 0 Å². The maximum Gasteiger partial charge on any atom is 0.306 e. The van der Waals surface area contributed by atoms with Crippen LogP contribution in [0, 0.1) is 0 Å². The van der Waals surface area contributed by atoms with Crippen LogP contribution in [-0.4, -0.2) is 69.4 Å². The lowest BCUT2D eigenvalue weighted by atomic mass is 10.0. The van der Waals surface area contributed by atoms with Crippen LogP contribution in [0.1, 0.15) is 290 Å². The van der Waals surface area contributed by atoms with Crippen LogP contribution in [0.25, 0.3) is 0 Å². The summed E-state index contributed by atoms with van der Waals surface area (Å²) in [5, 5.41) is 3.03. The van der Waals surface area contributed by atoms with Gasteiger partial charge in [0.2, 0.25) is 5.91 Å². The molecule has 478 valence electrons. The van der Waals surface area contributed by atoms with Crippen molar-refractivity contribution in [3.63, 3.8) is 0 Å². The van der Waals surface area contributed by atoms with Crippen LogP contribution >= 0.6 is 7.82 Å². The monoisotopic (exact) mass is 1180 g/mol. The zero-order chi connectivity index (χ0) is 60.7. The van der Waals surface area contributed by atoms with Crippen LogP contribution in [0.15, 0.2) is 109 Å². The van der Waals surface area contributed by atoms with Crippen molar-refractivity contribution in [2.24, 2.45) is 0 Å². The fourth-order valence-electron chi connectivity index (χ4n) is 9.44. The molecule has 0 aromatic rings. The van der Waals surface area contributed by atoms with Gasteiger partial charge in [0.1, 0.15) is 19.3 Å². The Morgan fingerprint density at radius 1 is 0.434 bits per heavy atom. The molecule has 0 saturated carbocycles. The van der Waals surface area contributed by atoms with Crippen LogP contribution < -0.4 is 10.2 Å². The highest BCUT2D eigenvalue weighted by Gasteiger charge is 2.27. The van der Waals surface area contributed by atoms with Crippen LogP contribution in [0.2, 0.25) is 0 Å². The average molecular weight is 1180 g/mol. The van der Waals surface area contributed by atoms with Crippen molar-refractivity contribution in [2.45, 2.75) is 303 Å². The van der Waals surface area contributed by atoms with Crippen molar-refractivity contribution in [3.05, 3.63) is 109 Å². The van der Waals surface area contributed by atoms with Gasteiger partial charge in [-0.05, 0) is 115 Å². The Hall–Kier alpha value is -3.33. The summed E-state index contributed by atoms with van der Waals surface area (Å²) in [5.74, 6) is -0.570. The number of phosphoric ester groups is 1. The first-order valence-corrected chi connectivity index (χ1v) is 35.7. The Bertz CT molecular complexity index is 1790. The Morgan fingerprint density at radius 2 is 0.771 bits per heavy atom. The summed E-state index contributed by atoms with van der Waals surface area (Å²) in [6, 6.07) is -0.906. The summed E-state index contributed by atoms with van der Waals surface area (Å²) in [7, 11) is 1.16. The van der Waals surface area contributed by atoms with E-state index in [1.54, 1.807) is 0 Å². The molecule has 0 aromatic carbocycles. The van der Waals surface area contributed by atoms with Gasteiger partial charge in [-0.25, -0.2) is 0 Å². The largest absolute Gasteiger partial charge is 0.756 e. The predicted molar refractivity (Wildman–Crippen MR) is 357 cm³/mol. The predicted octanol–water partition coefficient (Wildman–Crippen LogP) is 21.0. The third-order valence-electron chi connectivity index (χ3n) is 14.7. The number of nitrogens with one attached hydrogen (secondary N) is 1. The lowest BCUT2D eigenvalue weighted by Crippen LogP contribution is -2.47. The second-order valence-electron chi connectivity index (χ2n) is 23.9. The number of nitrogens with zero attached hydrogens (tertiary/aromatic N) is 1. The van der Waals surface area contributed by atoms with E-state index in [9.17, 15) is 19.0 Å². The minimum absolute atomic E-state index is 0.0312. The molecule has 0 spiro atoms. The molecule has 0 aliphatic rings. The number of esters is 1. The molecule has 9 nitrogen and oxygen atoms in total. The average Bonchev–Trinajstić information content (AvgIpc) is 3.47. The van der Waals surface area contributed by atoms with Gasteiger partial charge in [0.15, 0.2) is 0 Å². The van der Waals surface area contributed by atoms with Crippen LogP contribution in [0.4, 0.5) is 0 Å². The smallest absolute Gasteiger partial charge is 0.306 e. The molecule has 83 heavy (non-hydrogen) atoms. The maximum atomic E-state index is 13.6. The topological polar surface area (TPSA) is 114 Å². The number of amides is 1. The van der Waals surface area contributed by atoms with Gasteiger partial charge in [-0.15, -0.1) is 0 Å². The molecule has 0 heterocycles. The number of likely N-dealkylation sites (N-methyl/N-ethyl adjacent to an activating group) is 1. The first-order chi connectivity index (χ1) is 40.4. The first-order valence-electron chi connectivity index (χ1n) is 34.2. The second kappa shape index (κ2) is 61.7. The van der Waals surface area contributed by atoms with E-state index in [4.69, 9.17) is 13.8 Å². The highest BCUT2D eigenvalue weighted by Crippen LogP contribution is 2.38. The minimum Gasteiger partial charge on any atom is -0.756 e. The third kappa shape index (κ3) is 63.0. The van der Waals surface area contributed by atoms with Gasteiger partial charge in [-0.1, -0.05) is 272 Å². The summed E-state index contributed by atoms with van der Waals surface area (Å²) < 4.78 is 30.4. The van der Waals surface area contributed by atoms with E-state index in [1.165, 1.54) is 128 Å². The van der Waals surface area contributed by atoms with E-state index in [1.807, 2.05) is 33.3 Å². The molecule has 0 saturated heterocycles. The Morgan fingerprint density at radius 3 is 1.18 bits per heavy atom. The number of ether oxygens (including phenoxy) is 1. The van der Waals surface area contributed by atoms with Crippen molar-refractivity contribution in [1.29, 1.82) is 0 Å². The van der Waals surface area contributed by atoms with E-state index in [-0.39, 0.29) is 24.9 Å². The molecule has 1 N–H and O–H groups in total. The van der Waals surface area contributed by atoms with Crippen LogP contribution in [0.3, 0.4) is 0 Å². The van der Waals surface area contributed by atoms with Gasteiger partial charge in [0.05, 0.1) is 33.8 Å². The number of carbonyl (C=O) groups excluding carboxylic acids is 2. The van der Waals surface area contributed by atoms with Crippen molar-refractivity contribution in [2.75, 3.05) is 40.9 Å². The summed E-state index contributed by atoms with van der Waals surface area (Å²) in [6.45, 7) is 6.69. The highest BCUT2D eigenvalue weighted by atomic mass is 31.2. The number of rotatable bonds is 61. The number of hydrogen-bond acceptors (Lipinski definition) is 7. The number of allylic oxidation sites excluding steroid dienone is 17. The number of quaternary nitrogens is 1. The third-order valence-corrected chi connectivity index (χ3v) is 15.7. The van der Waals surface area contributed by atoms with Gasteiger partial charge in [-0.3, -0.25) is 14.2 Å². The zero-order valence-corrected chi connectivity index (χ0v) is 55.5.